The minimum absolute atomic E-state index is 0.0581. The SMILES string of the molecule is N#CC1CC2(Br)C3=CC1C=C2CCCCC3. The van der Waals surface area contributed by atoms with Gasteiger partial charge in [-0.25, -0.2) is 0 Å². The number of allylic oxidation sites excluding steroid dienone is 4. The maximum Gasteiger partial charge on any atom is 0.0688 e. The molecule has 0 amide bonds. The van der Waals surface area contributed by atoms with Gasteiger partial charge in [0.05, 0.1) is 16.3 Å². The summed E-state index contributed by atoms with van der Waals surface area (Å²) in [5.74, 6) is 0.582. The first-order chi connectivity index (χ1) is 7.74. The van der Waals surface area contributed by atoms with Crippen LogP contribution in [0.3, 0.4) is 0 Å². The van der Waals surface area contributed by atoms with E-state index in [0.717, 1.165) is 6.42 Å². The van der Waals surface area contributed by atoms with Gasteiger partial charge in [0.15, 0.2) is 0 Å². The molecule has 0 aromatic carbocycles. The van der Waals surface area contributed by atoms with Crippen molar-refractivity contribution in [2.75, 3.05) is 0 Å². The molecule has 0 radical (unpaired) electrons. The molecule has 4 aliphatic rings. The number of hydrogen-bond donors (Lipinski definition) is 0. The van der Waals surface area contributed by atoms with Gasteiger partial charge in [-0.1, -0.05) is 45.6 Å². The molecule has 1 nitrogen and oxygen atoms in total. The number of hydrogen-bond acceptors (Lipinski definition) is 1. The molecule has 0 saturated heterocycles. The van der Waals surface area contributed by atoms with Crippen molar-refractivity contribution >= 4 is 15.9 Å². The second-order valence-electron chi connectivity index (χ2n) is 5.26. The number of nitriles is 1. The van der Waals surface area contributed by atoms with Gasteiger partial charge >= 0.3 is 0 Å². The fraction of sp³-hybridized carbons (Fsp3) is 0.643. The topological polar surface area (TPSA) is 23.8 Å². The molecule has 0 heterocycles. The molecule has 4 rings (SSSR count). The van der Waals surface area contributed by atoms with Gasteiger partial charge in [0.25, 0.3) is 0 Å². The predicted octanol–water partition coefficient (Wildman–Crippen LogP) is 4.11. The van der Waals surface area contributed by atoms with Gasteiger partial charge in [-0.05, 0) is 32.1 Å². The van der Waals surface area contributed by atoms with Crippen LogP contribution in [0.1, 0.15) is 38.5 Å². The van der Waals surface area contributed by atoms with Crippen molar-refractivity contribution in [1.82, 2.24) is 0 Å². The second-order valence-corrected chi connectivity index (χ2v) is 6.62. The standard InChI is InChI=1S/C14H16BrN/c15-14-8-11(9-16)10-6-12(14)4-2-1-3-5-13(14)7-10/h6-7,10-11H,1-5,8H2. The maximum absolute atomic E-state index is 9.19. The Labute approximate surface area is 105 Å². The minimum atomic E-state index is 0.0581. The van der Waals surface area contributed by atoms with Gasteiger partial charge in [-0.15, -0.1) is 0 Å². The molecule has 0 aromatic rings. The van der Waals surface area contributed by atoms with Crippen molar-refractivity contribution in [1.29, 1.82) is 5.26 Å². The molecule has 0 N–H and O–H groups in total. The monoisotopic (exact) mass is 277 g/mol. The molecule has 1 saturated carbocycles. The number of rotatable bonds is 0. The molecule has 1 fully saturated rings. The Bertz CT molecular complexity index is 389. The van der Waals surface area contributed by atoms with Crippen molar-refractivity contribution in [3.63, 3.8) is 0 Å². The lowest BCUT2D eigenvalue weighted by Crippen LogP contribution is -2.40. The fourth-order valence-electron chi connectivity index (χ4n) is 3.42. The van der Waals surface area contributed by atoms with E-state index in [4.69, 9.17) is 0 Å². The zero-order chi connectivity index (χ0) is 11.2. The van der Waals surface area contributed by atoms with Crippen molar-refractivity contribution in [2.45, 2.75) is 42.8 Å². The average Bonchev–Trinajstić information content (AvgIpc) is 2.29. The molecule has 0 aromatic heterocycles. The number of nitrogens with zero attached hydrogens (tertiary/aromatic N) is 1. The molecule has 0 spiro atoms. The Balaban J connectivity index is 2.04. The van der Waals surface area contributed by atoms with Gasteiger partial charge in [0.2, 0.25) is 0 Å². The maximum atomic E-state index is 9.19. The van der Waals surface area contributed by atoms with E-state index in [0.29, 0.717) is 5.92 Å². The summed E-state index contributed by atoms with van der Waals surface area (Å²) in [6.45, 7) is 0. The number of halogens is 1. The summed E-state index contributed by atoms with van der Waals surface area (Å²) in [5.41, 5.74) is 3.11. The smallest absolute Gasteiger partial charge is 0.0688 e. The van der Waals surface area contributed by atoms with Gasteiger partial charge in [0, 0.05) is 5.92 Å². The Morgan fingerprint density at radius 3 is 2.38 bits per heavy atom. The highest BCUT2D eigenvalue weighted by molar-refractivity contribution is 9.10. The van der Waals surface area contributed by atoms with Gasteiger partial charge in [0.1, 0.15) is 0 Å². The number of fused-ring (bicyclic) bond motifs is 1. The molecule has 2 heteroatoms. The molecule has 0 aliphatic heterocycles. The lowest BCUT2D eigenvalue weighted by Gasteiger charge is -2.46. The van der Waals surface area contributed by atoms with Crippen LogP contribution in [0.25, 0.3) is 0 Å². The molecule has 84 valence electrons. The molecule has 4 aliphatic carbocycles. The normalized spacial score (nSPS) is 41.5. The van der Waals surface area contributed by atoms with Crippen LogP contribution >= 0.6 is 15.9 Å². The molecule has 1 unspecified atom stereocenters. The van der Waals surface area contributed by atoms with Crippen LogP contribution in [0.4, 0.5) is 0 Å². The predicted molar refractivity (Wildman–Crippen MR) is 68.1 cm³/mol. The Hall–Kier alpha value is -0.550. The first kappa shape index (κ1) is 10.6. The zero-order valence-corrected chi connectivity index (χ0v) is 11.0. The van der Waals surface area contributed by atoms with Crippen molar-refractivity contribution in [2.24, 2.45) is 11.8 Å². The van der Waals surface area contributed by atoms with Crippen LogP contribution in [-0.4, -0.2) is 4.32 Å². The van der Waals surface area contributed by atoms with Crippen LogP contribution in [-0.2, 0) is 0 Å². The second kappa shape index (κ2) is 3.74. The third-order valence-corrected chi connectivity index (χ3v) is 5.67. The van der Waals surface area contributed by atoms with Crippen LogP contribution < -0.4 is 0 Å². The highest BCUT2D eigenvalue weighted by atomic mass is 79.9. The highest BCUT2D eigenvalue weighted by Gasteiger charge is 2.46. The van der Waals surface area contributed by atoms with E-state index in [1.54, 1.807) is 11.1 Å². The van der Waals surface area contributed by atoms with Crippen molar-refractivity contribution in [3.8, 4) is 6.07 Å². The summed E-state index contributed by atoms with van der Waals surface area (Å²) in [4.78, 5) is 0. The van der Waals surface area contributed by atoms with E-state index in [1.807, 2.05) is 0 Å². The first-order valence-electron chi connectivity index (χ1n) is 6.25. The molecular weight excluding hydrogens is 262 g/mol. The summed E-state index contributed by atoms with van der Waals surface area (Å²) >= 11 is 3.95. The van der Waals surface area contributed by atoms with E-state index in [2.05, 4.69) is 34.2 Å². The van der Waals surface area contributed by atoms with E-state index in [1.165, 1.54) is 32.1 Å². The third-order valence-electron chi connectivity index (χ3n) is 4.33. The quantitative estimate of drug-likeness (QED) is 0.483. The van der Waals surface area contributed by atoms with Gasteiger partial charge in [-0.2, -0.15) is 5.26 Å². The van der Waals surface area contributed by atoms with E-state index < -0.39 is 0 Å². The van der Waals surface area contributed by atoms with Crippen LogP contribution in [0.5, 0.6) is 0 Å². The Morgan fingerprint density at radius 2 is 1.81 bits per heavy atom. The minimum Gasteiger partial charge on any atom is -0.198 e. The third kappa shape index (κ3) is 1.41. The summed E-state index contributed by atoms with van der Waals surface area (Å²) in [7, 11) is 0. The molecule has 4 bridgehead atoms. The largest absolute Gasteiger partial charge is 0.198 e. The summed E-state index contributed by atoms with van der Waals surface area (Å²) in [6, 6.07) is 2.47. The Morgan fingerprint density at radius 1 is 1.19 bits per heavy atom. The van der Waals surface area contributed by atoms with Gasteiger partial charge < -0.3 is 0 Å². The van der Waals surface area contributed by atoms with Crippen LogP contribution in [0.15, 0.2) is 23.3 Å². The van der Waals surface area contributed by atoms with Crippen LogP contribution in [0, 0.1) is 23.2 Å². The summed E-state index contributed by atoms with van der Waals surface area (Å²) in [5, 5.41) is 9.19. The van der Waals surface area contributed by atoms with E-state index in [9.17, 15) is 5.26 Å². The fourth-order valence-corrected chi connectivity index (χ4v) is 4.43. The lowest BCUT2D eigenvalue weighted by atomic mass is 9.64. The molecular formula is C14H16BrN. The first-order valence-corrected chi connectivity index (χ1v) is 7.04. The summed E-state index contributed by atoms with van der Waals surface area (Å²) in [6.07, 6.45) is 12.1. The average molecular weight is 278 g/mol. The van der Waals surface area contributed by atoms with Crippen molar-refractivity contribution < 1.29 is 0 Å². The van der Waals surface area contributed by atoms with Gasteiger partial charge in [-0.3, -0.25) is 0 Å². The highest BCUT2D eigenvalue weighted by Crippen LogP contribution is 2.55. The zero-order valence-electron chi connectivity index (χ0n) is 9.38. The Kier molecular flexibility index (Phi) is 2.47. The van der Waals surface area contributed by atoms with E-state index in [-0.39, 0.29) is 10.2 Å². The summed E-state index contributed by atoms with van der Waals surface area (Å²) < 4.78 is 0.0581. The van der Waals surface area contributed by atoms with Crippen LogP contribution in [0.2, 0.25) is 0 Å². The van der Waals surface area contributed by atoms with Crippen molar-refractivity contribution in [3.05, 3.63) is 23.3 Å². The van der Waals surface area contributed by atoms with E-state index >= 15 is 0 Å². The lowest BCUT2D eigenvalue weighted by molar-refractivity contribution is 0.398. The molecule has 16 heavy (non-hydrogen) atoms. The number of alkyl halides is 1. The molecule has 1 atom stereocenters.